The van der Waals surface area contributed by atoms with Gasteiger partial charge in [0.05, 0.1) is 6.61 Å². The van der Waals surface area contributed by atoms with E-state index in [2.05, 4.69) is 6.92 Å². The maximum absolute atomic E-state index is 9.67. The van der Waals surface area contributed by atoms with Crippen LogP contribution in [0, 0.1) is 5.92 Å². The highest BCUT2D eigenvalue weighted by Crippen LogP contribution is 2.28. The second-order valence-electron chi connectivity index (χ2n) is 3.71. The molecule has 0 aromatic heterocycles. The van der Waals surface area contributed by atoms with Crippen LogP contribution in [0.25, 0.3) is 0 Å². The Morgan fingerprint density at radius 2 is 2.07 bits per heavy atom. The SMILES string of the molecule is CCC(COC)C(N)c1ccccc1O. The minimum Gasteiger partial charge on any atom is -0.508 e. The van der Waals surface area contributed by atoms with Crippen LogP contribution in [0.5, 0.6) is 5.75 Å². The third kappa shape index (κ3) is 2.94. The Balaban J connectivity index is 2.82. The van der Waals surface area contributed by atoms with Crippen molar-refractivity contribution in [2.24, 2.45) is 11.7 Å². The van der Waals surface area contributed by atoms with E-state index in [9.17, 15) is 5.11 Å². The molecular formula is C12H19NO2. The lowest BCUT2D eigenvalue weighted by Crippen LogP contribution is -2.24. The quantitative estimate of drug-likeness (QED) is 0.780. The summed E-state index contributed by atoms with van der Waals surface area (Å²) in [6.07, 6.45) is 0.934. The van der Waals surface area contributed by atoms with Crippen LogP contribution in [0.4, 0.5) is 0 Å². The Morgan fingerprint density at radius 3 is 2.60 bits per heavy atom. The predicted molar refractivity (Wildman–Crippen MR) is 60.7 cm³/mol. The molecule has 2 unspecified atom stereocenters. The number of rotatable bonds is 5. The van der Waals surface area contributed by atoms with Gasteiger partial charge >= 0.3 is 0 Å². The first kappa shape index (κ1) is 12.0. The van der Waals surface area contributed by atoms with Crippen LogP contribution < -0.4 is 5.73 Å². The first-order valence-corrected chi connectivity index (χ1v) is 5.23. The number of methoxy groups -OCH3 is 1. The minimum absolute atomic E-state index is 0.170. The fourth-order valence-corrected chi connectivity index (χ4v) is 1.71. The molecule has 0 spiro atoms. The summed E-state index contributed by atoms with van der Waals surface area (Å²) in [6.45, 7) is 2.69. The van der Waals surface area contributed by atoms with Crippen molar-refractivity contribution in [1.82, 2.24) is 0 Å². The zero-order chi connectivity index (χ0) is 11.3. The summed E-state index contributed by atoms with van der Waals surface area (Å²) in [4.78, 5) is 0. The Kier molecular flexibility index (Phi) is 4.59. The van der Waals surface area contributed by atoms with Crippen molar-refractivity contribution in [3.8, 4) is 5.75 Å². The van der Waals surface area contributed by atoms with Crippen LogP contribution in [0.15, 0.2) is 24.3 Å². The lowest BCUT2D eigenvalue weighted by atomic mass is 9.92. The monoisotopic (exact) mass is 209 g/mol. The standard InChI is InChI=1S/C12H19NO2/c1-3-9(8-15-2)12(13)10-6-4-5-7-11(10)14/h4-7,9,12,14H,3,8,13H2,1-2H3. The average molecular weight is 209 g/mol. The lowest BCUT2D eigenvalue weighted by Gasteiger charge is -2.22. The van der Waals surface area contributed by atoms with Gasteiger partial charge < -0.3 is 15.6 Å². The van der Waals surface area contributed by atoms with Gasteiger partial charge in [0.15, 0.2) is 0 Å². The molecule has 3 N–H and O–H groups in total. The molecule has 1 rings (SSSR count). The van der Waals surface area contributed by atoms with Crippen molar-refractivity contribution in [1.29, 1.82) is 0 Å². The first-order chi connectivity index (χ1) is 7.20. The fourth-order valence-electron chi connectivity index (χ4n) is 1.71. The van der Waals surface area contributed by atoms with E-state index in [1.807, 2.05) is 12.1 Å². The van der Waals surface area contributed by atoms with Crippen LogP contribution in [0.2, 0.25) is 0 Å². The summed E-state index contributed by atoms with van der Waals surface area (Å²) in [6, 6.07) is 7.03. The van der Waals surface area contributed by atoms with Gasteiger partial charge in [-0.25, -0.2) is 0 Å². The number of ether oxygens (including phenoxy) is 1. The third-order valence-electron chi connectivity index (χ3n) is 2.71. The van der Waals surface area contributed by atoms with Gasteiger partial charge in [-0.2, -0.15) is 0 Å². The molecule has 0 aliphatic carbocycles. The summed E-state index contributed by atoms with van der Waals surface area (Å²) in [5.41, 5.74) is 6.89. The molecule has 0 aliphatic heterocycles. The van der Waals surface area contributed by atoms with Gasteiger partial charge in [-0.15, -0.1) is 0 Å². The highest BCUT2D eigenvalue weighted by molar-refractivity contribution is 5.34. The Labute approximate surface area is 90.9 Å². The van der Waals surface area contributed by atoms with E-state index in [1.165, 1.54) is 0 Å². The molecular weight excluding hydrogens is 190 g/mol. The molecule has 0 saturated carbocycles. The molecule has 0 bridgehead atoms. The number of nitrogens with two attached hydrogens (primary N) is 1. The Morgan fingerprint density at radius 1 is 1.40 bits per heavy atom. The molecule has 0 aliphatic rings. The molecule has 1 aromatic carbocycles. The van der Waals surface area contributed by atoms with Crippen LogP contribution in [0.3, 0.4) is 0 Å². The van der Waals surface area contributed by atoms with Gasteiger partial charge in [0.25, 0.3) is 0 Å². The van der Waals surface area contributed by atoms with E-state index >= 15 is 0 Å². The number of hydrogen-bond acceptors (Lipinski definition) is 3. The van der Waals surface area contributed by atoms with Crippen LogP contribution in [-0.4, -0.2) is 18.8 Å². The molecule has 0 saturated heterocycles. The average Bonchev–Trinajstić information content (AvgIpc) is 2.25. The maximum atomic E-state index is 9.67. The zero-order valence-electron chi connectivity index (χ0n) is 9.31. The Hall–Kier alpha value is -1.06. The molecule has 0 fully saturated rings. The van der Waals surface area contributed by atoms with Gasteiger partial charge in [-0.3, -0.25) is 0 Å². The predicted octanol–water partition coefficient (Wildman–Crippen LogP) is 2.06. The van der Waals surface area contributed by atoms with E-state index < -0.39 is 0 Å². The number of hydrogen-bond donors (Lipinski definition) is 2. The van der Waals surface area contributed by atoms with Gasteiger partial charge in [0, 0.05) is 24.6 Å². The lowest BCUT2D eigenvalue weighted by molar-refractivity contribution is 0.136. The van der Waals surface area contributed by atoms with Crippen LogP contribution >= 0.6 is 0 Å². The smallest absolute Gasteiger partial charge is 0.120 e. The van der Waals surface area contributed by atoms with Gasteiger partial charge in [-0.05, 0) is 12.5 Å². The van der Waals surface area contributed by atoms with E-state index in [0.717, 1.165) is 12.0 Å². The van der Waals surface area contributed by atoms with E-state index in [4.69, 9.17) is 10.5 Å². The third-order valence-corrected chi connectivity index (χ3v) is 2.71. The molecule has 0 amide bonds. The second-order valence-corrected chi connectivity index (χ2v) is 3.71. The van der Waals surface area contributed by atoms with E-state index in [-0.39, 0.29) is 17.7 Å². The van der Waals surface area contributed by atoms with Gasteiger partial charge in [0.1, 0.15) is 5.75 Å². The molecule has 0 radical (unpaired) electrons. The van der Waals surface area contributed by atoms with Crippen molar-refractivity contribution in [2.75, 3.05) is 13.7 Å². The number of benzene rings is 1. The topological polar surface area (TPSA) is 55.5 Å². The van der Waals surface area contributed by atoms with Crippen LogP contribution in [0.1, 0.15) is 24.9 Å². The Bertz CT molecular complexity index is 301. The summed E-state index contributed by atoms with van der Waals surface area (Å²) in [7, 11) is 1.67. The molecule has 3 nitrogen and oxygen atoms in total. The normalized spacial score (nSPS) is 14.9. The molecule has 15 heavy (non-hydrogen) atoms. The largest absolute Gasteiger partial charge is 0.508 e. The van der Waals surface area contributed by atoms with Crippen molar-refractivity contribution in [2.45, 2.75) is 19.4 Å². The van der Waals surface area contributed by atoms with E-state index in [1.54, 1.807) is 19.2 Å². The minimum atomic E-state index is -0.170. The van der Waals surface area contributed by atoms with E-state index in [0.29, 0.717) is 6.61 Å². The van der Waals surface area contributed by atoms with Crippen molar-refractivity contribution >= 4 is 0 Å². The summed E-state index contributed by atoms with van der Waals surface area (Å²) in [5.74, 6) is 0.503. The highest BCUT2D eigenvalue weighted by atomic mass is 16.5. The molecule has 3 heteroatoms. The maximum Gasteiger partial charge on any atom is 0.120 e. The van der Waals surface area contributed by atoms with Crippen molar-refractivity contribution in [3.63, 3.8) is 0 Å². The van der Waals surface area contributed by atoms with Gasteiger partial charge in [0.2, 0.25) is 0 Å². The molecule has 0 heterocycles. The number of para-hydroxylation sites is 1. The number of aromatic hydroxyl groups is 1. The first-order valence-electron chi connectivity index (χ1n) is 5.23. The summed E-state index contributed by atoms with van der Waals surface area (Å²) >= 11 is 0. The van der Waals surface area contributed by atoms with Crippen molar-refractivity contribution < 1.29 is 9.84 Å². The molecule has 2 atom stereocenters. The van der Waals surface area contributed by atoms with Crippen molar-refractivity contribution in [3.05, 3.63) is 29.8 Å². The summed E-state index contributed by atoms with van der Waals surface area (Å²) < 4.78 is 5.12. The summed E-state index contributed by atoms with van der Waals surface area (Å²) in [5, 5.41) is 9.67. The molecule has 1 aromatic rings. The highest BCUT2D eigenvalue weighted by Gasteiger charge is 2.19. The number of phenolic OH excluding ortho intramolecular Hbond substituents is 1. The second kappa shape index (κ2) is 5.73. The fraction of sp³-hybridized carbons (Fsp3) is 0.500. The molecule has 84 valence electrons. The van der Waals surface area contributed by atoms with Gasteiger partial charge in [-0.1, -0.05) is 25.1 Å². The number of phenols is 1. The van der Waals surface area contributed by atoms with Crippen LogP contribution in [-0.2, 0) is 4.74 Å². The zero-order valence-corrected chi connectivity index (χ0v) is 9.31.